The lowest BCUT2D eigenvalue weighted by molar-refractivity contribution is -0.146. The first-order chi connectivity index (χ1) is 12.0. The molecular weight excluding hydrogens is 336 g/mol. The SMILES string of the molecule is CC(C)CC(N)C(=O)NC(CC(C)C)C(=O)NN(CC(C)C)C(=O)C=O. The number of rotatable bonds is 10. The van der Waals surface area contributed by atoms with Gasteiger partial charge in [-0.05, 0) is 30.6 Å². The van der Waals surface area contributed by atoms with Gasteiger partial charge < -0.3 is 11.1 Å². The quantitative estimate of drug-likeness (QED) is 0.295. The third-order valence-corrected chi connectivity index (χ3v) is 3.56. The number of carbonyl (C=O) groups is 4. The molecule has 0 aromatic carbocycles. The fraction of sp³-hybridized carbons (Fsp3) is 0.778. The minimum Gasteiger partial charge on any atom is -0.343 e. The molecule has 0 aliphatic carbocycles. The summed E-state index contributed by atoms with van der Waals surface area (Å²) < 4.78 is 0. The van der Waals surface area contributed by atoms with Crippen LogP contribution in [0.2, 0.25) is 0 Å². The van der Waals surface area contributed by atoms with Gasteiger partial charge in [-0.3, -0.25) is 24.6 Å². The second kappa shape index (κ2) is 11.6. The summed E-state index contributed by atoms with van der Waals surface area (Å²) in [7, 11) is 0. The van der Waals surface area contributed by atoms with E-state index in [1.165, 1.54) is 0 Å². The van der Waals surface area contributed by atoms with Crippen LogP contribution in [0.4, 0.5) is 0 Å². The zero-order chi connectivity index (χ0) is 20.4. The summed E-state index contributed by atoms with van der Waals surface area (Å²) in [5.74, 6) is -1.35. The lowest BCUT2D eigenvalue weighted by atomic mass is 10.0. The molecule has 26 heavy (non-hydrogen) atoms. The van der Waals surface area contributed by atoms with Crippen molar-refractivity contribution in [1.82, 2.24) is 15.8 Å². The highest BCUT2D eigenvalue weighted by atomic mass is 16.2. The van der Waals surface area contributed by atoms with E-state index in [9.17, 15) is 19.2 Å². The second-order valence-electron chi connectivity index (χ2n) is 7.86. The Labute approximate surface area is 156 Å². The fourth-order valence-electron chi connectivity index (χ4n) is 2.43. The monoisotopic (exact) mass is 370 g/mol. The van der Waals surface area contributed by atoms with Gasteiger partial charge in [0.15, 0.2) is 0 Å². The van der Waals surface area contributed by atoms with Gasteiger partial charge in [-0.2, -0.15) is 0 Å². The molecule has 0 fully saturated rings. The molecule has 0 aromatic rings. The summed E-state index contributed by atoms with van der Waals surface area (Å²) in [5, 5.41) is 3.65. The van der Waals surface area contributed by atoms with E-state index in [-0.39, 0.29) is 30.6 Å². The van der Waals surface area contributed by atoms with Crippen molar-refractivity contribution in [2.75, 3.05) is 6.54 Å². The maximum Gasteiger partial charge on any atom is 0.305 e. The smallest absolute Gasteiger partial charge is 0.305 e. The van der Waals surface area contributed by atoms with Crippen molar-refractivity contribution in [2.24, 2.45) is 23.5 Å². The van der Waals surface area contributed by atoms with E-state index in [1.54, 1.807) is 0 Å². The number of nitrogens with two attached hydrogens (primary N) is 1. The van der Waals surface area contributed by atoms with Gasteiger partial charge in [-0.25, -0.2) is 5.01 Å². The van der Waals surface area contributed by atoms with Crippen LogP contribution >= 0.6 is 0 Å². The Morgan fingerprint density at radius 1 is 0.923 bits per heavy atom. The first kappa shape index (κ1) is 24.0. The van der Waals surface area contributed by atoms with Crippen molar-refractivity contribution in [2.45, 2.75) is 66.5 Å². The third-order valence-electron chi connectivity index (χ3n) is 3.56. The largest absolute Gasteiger partial charge is 0.343 e. The van der Waals surface area contributed by atoms with Crippen LogP contribution in [0.15, 0.2) is 0 Å². The lowest BCUT2D eigenvalue weighted by Crippen LogP contribution is -2.57. The molecule has 8 heteroatoms. The second-order valence-corrected chi connectivity index (χ2v) is 7.86. The molecule has 3 amide bonds. The summed E-state index contributed by atoms with van der Waals surface area (Å²) in [6.45, 7) is 11.7. The Morgan fingerprint density at radius 3 is 1.88 bits per heavy atom. The molecule has 0 aliphatic rings. The molecule has 0 spiro atoms. The van der Waals surface area contributed by atoms with Crippen LogP contribution < -0.4 is 16.5 Å². The number of hydrazine groups is 1. The van der Waals surface area contributed by atoms with Crippen LogP contribution in [0.25, 0.3) is 0 Å². The molecule has 0 rings (SSSR count). The maximum atomic E-state index is 12.6. The molecular formula is C18H34N4O4. The summed E-state index contributed by atoms with van der Waals surface area (Å²) in [5.41, 5.74) is 8.33. The van der Waals surface area contributed by atoms with Crippen LogP contribution in [0.5, 0.6) is 0 Å². The average Bonchev–Trinajstić information content (AvgIpc) is 2.50. The Bertz CT molecular complexity index is 492. The van der Waals surface area contributed by atoms with Crippen molar-refractivity contribution in [3.8, 4) is 0 Å². The normalized spacial score (nSPS) is 13.5. The standard InChI is InChI=1S/C18H34N4O4/c1-11(2)7-14(19)17(25)20-15(8-12(3)4)18(26)21-22(9-13(5)6)16(24)10-23/h10-15H,7-9,19H2,1-6H3,(H,20,25)(H,21,26). The van der Waals surface area contributed by atoms with Crippen molar-refractivity contribution >= 4 is 24.0 Å². The van der Waals surface area contributed by atoms with Crippen molar-refractivity contribution in [3.63, 3.8) is 0 Å². The van der Waals surface area contributed by atoms with E-state index in [0.717, 1.165) is 5.01 Å². The van der Waals surface area contributed by atoms with Gasteiger partial charge in [-0.1, -0.05) is 41.5 Å². The Balaban J connectivity index is 5.13. The highest BCUT2D eigenvalue weighted by molar-refractivity contribution is 6.23. The Morgan fingerprint density at radius 2 is 1.46 bits per heavy atom. The Kier molecular flexibility index (Phi) is 10.7. The number of hydrogen-bond acceptors (Lipinski definition) is 5. The topological polar surface area (TPSA) is 122 Å². The van der Waals surface area contributed by atoms with Crippen LogP contribution in [-0.4, -0.2) is 47.6 Å². The summed E-state index contributed by atoms with van der Waals surface area (Å²) >= 11 is 0. The molecule has 0 bridgehead atoms. The van der Waals surface area contributed by atoms with Gasteiger partial charge in [0.1, 0.15) is 6.04 Å². The molecule has 4 N–H and O–H groups in total. The predicted octanol–water partition coefficient (Wildman–Crippen LogP) is 0.605. The van der Waals surface area contributed by atoms with Crippen molar-refractivity contribution in [3.05, 3.63) is 0 Å². The van der Waals surface area contributed by atoms with Gasteiger partial charge in [0, 0.05) is 6.54 Å². The van der Waals surface area contributed by atoms with E-state index >= 15 is 0 Å². The molecule has 150 valence electrons. The number of carbonyl (C=O) groups excluding carboxylic acids is 4. The van der Waals surface area contributed by atoms with Gasteiger partial charge in [0.2, 0.25) is 12.2 Å². The highest BCUT2D eigenvalue weighted by Gasteiger charge is 2.27. The van der Waals surface area contributed by atoms with Crippen molar-refractivity contribution in [1.29, 1.82) is 0 Å². The summed E-state index contributed by atoms with van der Waals surface area (Å²) in [4.78, 5) is 47.4. The number of amides is 3. The van der Waals surface area contributed by atoms with E-state index in [1.807, 2.05) is 41.5 Å². The lowest BCUT2D eigenvalue weighted by Gasteiger charge is -2.27. The van der Waals surface area contributed by atoms with Crippen LogP contribution in [0.1, 0.15) is 54.4 Å². The number of nitrogens with zero attached hydrogens (tertiary/aromatic N) is 1. The number of nitrogens with one attached hydrogen (secondary N) is 2. The molecule has 0 aromatic heterocycles. The number of hydrogen-bond donors (Lipinski definition) is 3. The third kappa shape index (κ3) is 9.50. The van der Waals surface area contributed by atoms with Gasteiger partial charge in [-0.15, -0.1) is 0 Å². The first-order valence-electron chi connectivity index (χ1n) is 9.10. The zero-order valence-corrected chi connectivity index (χ0v) is 16.7. The molecule has 8 nitrogen and oxygen atoms in total. The number of aldehydes is 1. The van der Waals surface area contributed by atoms with Crippen LogP contribution in [0, 0.1) is 17.8 Å². The molecule has 0 saturated carbocycles. The van der Waals surface area contributed by atoms with Gasteiger partial charge >= 0.3 is 5.91 Å². The maximum absolute atomic E-state index is 12.6. The van der Waals surface area contributed by atoms with E-state index < -0.39 is 29.8 Å². The fourth-order valence-corrected chi connectivity index (χ4v) is 2.43. The van der Waals surface area contributed by atoms with E-state index in [2.05, 4.69) is 10.7 Å². The Hall–Kier alpha value is -1.96. The van der Waals surface area contributed by atoms with Gasteiger partial charge in [0.05, 0.1) is 6.04 Å². The highest BCUT2D eigenvalue weighted by Crippen LogP contribution is 2.08. The molecule has 2 atom stereocenters. The minimum atomic E-state index is -0.838. The minimum absolute atomic E-state index is 0.0526. The molecule has 0 saturated heterocycles. The van der Waals surface area contributed by atoms with Crippen LogP contribution in [-0.2, 0) is 19.2 Å². The van der Waals surface area contributed by atoms with E-state index in [4.69, 9.17) is 5.73 Å². The molecule has 0 radical (unpaired) electrons. The van der Waals surface area contributed by atoms with Crippen LogP contribution in [0.3, 0.4) is 0 Å². The van der Waals surface area contributed by atoms with Gasteiger partial charge in [0.25, 0.3) is 5.91 Å². The van der Waals surface area contributed by atoms with E-state index in [0.29, 0.717) is 12.8 Å². The summed E-state index contributed by atoms with van der Waals surface area (Å²) in [6.07, 6.45) is 1.04. The predicted molar refractivity (Wildman–Crippen MR) is 99.6 cm³/mol. The average molecular weight is 370 g/mol. The zero-order valence-electron chi connectivity index (χ0n) is 16.7. The molecule has 0 aliphatic heterocycles. The van der Waals surface area contributed by atoms with Crippen molar-refractivity contribution < 1.29 is 19.2 Å². The summed E-state index contributed by atoms with van der Waals surface area (Å²) in [6, 6.07) is -1.55. The first-order valence-corrected chi connectivity index (χ1v) is 9.10. The molecule has 0 heterocycles. The molecule has 2 unspecified atom stereocenters.